The molecular weight excluding hydrogens is 337 g/mol. The minimum atomic E-state index is -0.198. The maximum atomic E-state index is 12.6. The number of methoxy groups -OCH3 is 2. The Morgan fingerprint density at radius 1 is 1.13 bits per heavy atom. The minimum absolute atomic E-state index is 0.198. The van der Waals surface area contributed by atoms with Crippen molar-refractivity contribution in [2.45, 2.75) is 6.54 Å². The number of carbonyl (C=O) groups excluding carboxylic acids is 1. The van der Waals surface area contributed by atoms with Crippen molar-refractivity contribution in [3.8, 4) is 11.5 Å². The fourth-order valence-electron chi connectivity index (χ4n) is 2.27. The van der Waals surface area contributed by atoms with Crippen molar-refractivity contribution < 1.29 is 14.3 Å². The van der Waals surface area contributed by atoms with Crippen LogP contribution in [-0.4, -0.2) is 32.1 Å². The SMILES string of the molecule is COc1cccc(CN(C)C(=O)c2ccc(Cl)cc2Cl)c1OC. The monoisotopic (exact) mass is 353 g/mol. The van der Waals surface area contributed by atoms with Crippen molar-refractivity contribution in [3.63, 3.8) is 0 Å². The van der Waals surface area contributed by atoms with Crippen LogP contribution >= 0.6 is 23.2 Å². The van der Waals surface area contributed by atoms with Crippen LogP contribution < -0.4 is 9.47 Å². The summed E-state index contributed by atoms with van der Waals surface area (Å²) in [5.41, 5.74) is 1.24. The van der Waals surface area contributed by atoms with Crippen LogP contribution in [0, 0.1) is 0 Å². The Bertz CT molecular complexity index is 719. The van der Waals surface area contributed by atoms with E-state index in [1.807, 2.05) is 12.1 Å². The summed E-state index contributed by atoms with van der Waals surface area (Å²) in [4.78, 5) is 14.1. The molecule has 6 heteroatoms. The van der Waals surface area contributed by atoms with Gasteiger partial charge in [-0.1, -0.05) is 35.3 Å². The molecule has 0 aromatic heterocycles. The van der Waals surface area contributed by atoms with Gasteiger partial charge in [-0.3, -0.25) is 4.79 Å². The van der Waals surface area contributed by atoms with Gasteiger partial charge >= 0.3 is 0 Å². The molecule has 0 bridgehead atoms. The van der Waals surface area contributed by atoms with E-state index in [-0.39, 0.29) is 5.91 Å². The molecule has 4 nitrogen and oxygen atoms in total. The molecule has 0 heterocycles. The fraction of sp³-hybridized carbons (Fsp3) is 0.235. The van der Waals surface area contributed by atoms with E-state index < -0.39 is 0 Å². The Hall–Kier alpha value is -1.91. The van der Waals surface area contributed by atoms with Crippen molar-refractivity contribution in [2.24, 2.45) is 0 Å². The summed E-state index contributed by atoms with van der Waals surface area (Å²) in [6.07, 6.45) is 0. The lowest BCUT2D eigenvalue weighted by molar-refractivity contribution is 0.0784. The highest BCUT2D eigenvalue weighted by molar-refractivity contribution is 6.36. The molecule has 23 heavy (non-hydrogen) atoms. The van der Waals surface area contributed by atoms with Gasteiger partial charge in [0.2, 0.25) is 0 Å². The molecule has 0 saturated carbocycles. The number of hydrogen-bond acceptors (Lipinski definition) is 3. The predicted octanol–water partition coefficient (Wildman–Crippen LogP) is 4.28. The molecular formula is C17H17Cl2NO3. The lowest BCUT2D eigenvalue weighted by Crippen LogP contribution is -2.26. The number of benzene rings is 2. The largest absolute Gasteiger partial charge is 0.493 e. The summed E-state index contributed by atoms with van der Waals surface area (Å²) < 4.78 is 10.7. The molecule has 2 aromatic carbocycles. The molecule has 2 rings (SSSR count). The zero-order chi connectivity index (χ0) is 17.0. The number of halogens is 2. The van der Waals surface area contributed by atoms with Gasteiger partial charge in [-0.05, 0) is 24.3 Å². The second kappa shape index (κ2) is 7.57. The Labute approximate surface area is 145 Å². The zero-order valence-corrected chi connectivity index (χ0v) is 14.6. The topological polar surface area (TPSA) is 38.8 Å². The predicted molar refractivity (Wildman–Crippen MR) is 91.8 cm³/mol. The molecule has 0 fully saturated rings. The number of rotatable bonds is 5. The van der Waals surface area contributed by atoms with Crippen LogP contribution in [0.15, 0.2) is 36.4 Å². The van der Waals surface area contributed by atoms with E-state index in [2.05, 4.69) is 0 Å². The summed E-state index contributed by atoms with van der Waals surface area (Å²) in [6.45, 7) is 0.359. The minimum Gasteiger partial charge on any atom is -0.493 e. The van der Waals surface area contributed by atoms with E-state index in [9.17, 15) is 4.79 Å². The Morgan fingerprint density at radius 3 is 2.48 bits per heavy atom. The van der Waals surface area contributed by atoms with E-state index in [0.29, 0.717) is 33.7 Å². The summed E-state index contributed by atoms with van der Waals surface area (Å²) in [5.74, 6) is 1.03. The zero-order valence-electron chi connectivity index (χ0n) is 13.1. The summed E-state index contributed by atoms with van der Waals surface area (Å²) in [6, 6.07) is 10.3. The first-order valence-corrected chi connectivity index (χ1v) is 7.64. The number of para-hydroxylation sites is 1. The summed E-state index contributed by atoms with van der Waals surface area (Å²) in [7, 11) is 4.84. The Morgan fingerprint density at radius 2 is 1.87 bits per heavy atom. The maximum absolute atomic E-state index is 12.6. The van der Waals surface area contributed by atoms with Gasteiger partial charge in [0.05, 0.1) is 24.8 Å². The van der Waals surface area contributed by atoms with E-state index in [1.54, 1.807) is 50.4 Å². The Balaban J connectivity index is 2.25. The maximum Gasteiger partial charge on any atom is 0.255 e. The molecule has 1 amide bonds. The molecule has 0 aliphatic rings. The second-order valence-corrected chi connectivity index (χ2v) is 5.78. The molecule has 2 aromatic rings. The van der Waals surface area contributed by atoms with Crippen LogP contribution in [0.4, 0.5) is 0 Å². The van der Waals surface area contributed by atoms with Crippen molar-refractivity contribution >= 4 is 29.1 Å². The van der Waals surface area contributed by atoms with Crippen LogP contribution in [0.2, 0.25) is 10.0 Å². The van der Waals surface area contributed by atoms with E-state index >= 15 is 0 Å². The summed E-state index contributed by atoms with van der Waals surface area (Å²) >= 11 is 12.0. The van der Waals surface area contributed by atoms with Gasteiger partial charge < -0.3 is 14.4 Å². The number of hydrogen-bond donors (Lipinski definition) is 0. The van der Waals surface area contributed by atoms with E-state index in [0.717, 1.165) is 5.56 Å². The molecule has 0 radical (unpaired) electrons. The van der Waals surface area contributed by atoms with Gasteiger partial charge in [0.25, 0.3) is 5.91 Å². The molecule has 0 aliphatic carbocycles. The number of carbonyl (C=O) groups is 1. The summed E-state index contributed by atoms with van der Waals surface area (Å²) in [5, 5.41) is 0.815. The van der Waals surface area contributed by atoms with Crippen LogP contribution in [0.5, 0.6) is 11.5 Å². The molecule has 0 N–H and O–H groups in total. The first kappa shape index (κ1) is 17.4. The van der Waals surface area contributed by atoms with Gasteiger partial charge in [0.15, 0.2) is 11.5 Å². The normalized spacial score (nSPS) is 10.3. The van der Waals surface area contributed by atoms with Crippen LogP contribution in [-0.2, 0) is 6.54 Å². The van der Waals surface area contributed by atoms with Crippen molar-refractivity contribution in [1.29, 1.82) is 0 Å². The third-order valence-corrected chi connectivity index (χ3v) is 3.95. The first-order valence-electron chi connectivity index (χ1n) is 6.88. The lowest BCUT2D eigenvalue weighted by Gasteiger charge is -2.20. The second-order valence-electron chi connectivity index (χ2n) is 4.94. The van der Waals surface area contributed by atoms with Crippen molar-refractivity contribution in [2.75, 3.05) is 21.3 Å². The molecule has 0 spiro atoms. The van der Waals surface area contributed by atoms with Crippen LogP contribution in [0.25, 0.3) is 0 Å². The van der Waals surface area contributed by atoms with Gasteiger partial charge in [0.1, 0.15) is 0 Å². The first-order chi connectivity index (χ1) is 11.0. The molecule has 0 saturated heterocycles. The quantitative estimate of drug-likeness (QED) is 0.804. The smallest absolute Gasteiger partial charge is 0.255 e. The number of ether oxygens (including phenoxy) is 2. The Kier molecular flexibility index (Phi) is 5.74. The third kappa shape index (κ3) is 3.89. The lowest BCUT2D eigenvalue weighted by atomic mass is 10.1. The van der Waals surface area contributed by atoms with E-state index in [4.69, 9.17) is 32.7 Å². The molecule has 0 unspecified atom stereocenters. The molecule has 0 aliphatic heterocycles. The third-order valence-electron chi connectivity index (χ3n) is 3.40. The van der Waals surface area contributed by atoms with Crippen LogP contribution in [0.1, 0.15) is 15.9 Å². The van der Waals surface area contributed by atoms with Gasteiger partial charge in [0, 0.05) is 24.2 Å². The van der Waals surface area contributed by atoms with Crippen molar-refractivity contribution in [3.05, 3.63) is 57.6 Å². The number of amides is 1. The average molecular weight is 354 g/mol. The van der Waals surface area contributed by atoms with Gasteiger partial charge in [-0.25, -0.2) is 0 Å². The highest BCUT2D eigenvalue weighted by Gasteiger charge is 2.18. The van der Waals surface area contributed by atoms with Gasteiger partial charge in [-0.2, -0.15) is 0 Å². The standard InChI is InChI=1S/C17H17Cl2NO3/c1-20(17(21)13-8-7-12(18)9-14(13)19)10-11-5-4-6-15(22-2)16(11)23-3/h4-9H,10H2,1-3H3. The highest BCUT2D eigenvalue weighted by atomic mass is 35.5. The molecule has 0 atom stereocenters. The molecule has 122 valence electrons. The van der Waals surface area contributed by atoms with E-state index in [1.165, 1.54) is 0 Å². The highest BCUT2D eigenvalue weighted by Crippen LogP contribution is 2.31. The fourth-order valence-corrected chi connectivity index (χ4v) is 2.76. The van der Waals surface area contributed by atoms with Gasteiger partial charge in [-0.15, -0.1) is 0 Å². The van der Waals surface area contributed by atoms with Crippen LogP contribution in [0.3, 0.4) is 0 Å². The number of nitrogens with zero attached hydrogens (tertiary/aromatic N) is 1. The van der Waals surface area contributed by atoms with Crippen molar-refractivity contribution in [1.82, 2.24) is 4.90 Å². The average Bonchev–Trinajstić information content (AvgIpc) is 2.53.